The van der Waals surface area contributed by atoms with Gasteiger partial charge in [0.1, 0.15) is 23.9 Å². The van der Waals surface area contributed by atoms with Crippen LogP contribution in [0.3, 0.4) is 0 Å². The summed E-state index contributed by atoms with van der Waals surface area (Å²) in [6.45, 7) is 0.372. The molecule has 0 aliphatic carbocycles. The second-order valence-corrected chi connectivity index (χ2v) is 10.1. The predicted molar refractivity (Wildman–Crippen MR) is 148 cm³/mol. The van der Waals surface area contributed by atoms with Crippen LogP contribution in [0.2, 0.25) is 0 Å². The summed E-state index contributed by atoms with van der Waals surface area (Å²) in [5, 5.41) is 26.7. The molecule has 0 aliphatic rings. The number of rotatable bonds is 19. The molecule has 0 saturated carbocycles. The minimum Gasteiger partial charge on any atom is -0.508 e. The van der Waals surface area contributed by atoms with Crippen LogP contribution in [0.4, 0.5) is 0 Å². The van der Waals surface area contributed by atoms with Crippen molar-refractivity contribution in [2.75, 3.05) is 18.6 Å². The van der Waals surface area contributed by atoms with E-state index in [0.717, 1.165) is 0 Å². The monoisotopic (exact) mass is 568 g/mol. The molecule has 4 amide bonds. The second-order valence-electron chi connectivity index (χ2n) is 9.07. The number of hydrogen-bond donors (Lipinski definition) is 8. The fourth-order valence-electron chi connectivity index (χ4n) is 3.58. The van der Waals surface area contributed by atoms with Crippen LogP contribution in [0.1, 0.15) is 44.1 Å². The Morgan fingerprint density at radius 2 is 1.46 bits per heavy atom. The number of phenols is 1. The van der Waals surface area contributed by atoms with Crippen molar-refractivity contribution in [3.63, 3.8) is 0 Å². The van der Waals surface area contributed by atoms with Crippen molar-refractivity contribution in [1.82, 2.24) is 16.0 Å². The highest BCUT2D eigenvalue weighted by Crippen LogP contribution is 2.13. The zero-order chi connectivity index (χ0) is 29.4. The maximum atomic E-state index is 13.4. The number of aliphatic carboxylic acids is 1. The lowest BCUT2D eigenvalue weighted by atomic mass is 10.0. The number of carboxylic acid groups (broad SMARTS) is 1. The molecule has 0 aliphatic heterocycles. The van der Waals surface area contributed by atoms with E-state index in [-0.39, 0.29) is 37.9 Å². The second kappa shape index (κ2) is 18.0. The molecule has 0 spiro atoms. The molecule has 1 aromatic rings. The molecule has 0 bridgehead atoms. The molecule has 4 unspecified atom stereocenters. The van der Waals surface area contributed by atoms with E-state index in [9.17, 15) is 34.2 Å². The normalized spacial score (nSPS) is 13.9. The van der Waals surface area contributed by atoms with Gasteiger partial charge in [0.25, 0.3) is 0 Å². The molecule has 218 valence electrons. The number of carbonyl (C=O) groups excluding carboxylic acids is 4. The maximum absolute atomic E-state index is 13.4. The van der Waals surface area contributed by atoms with Crippen molar-refractivity contribution >= 4 is 41.4 Å². The zero-order valence-corrected chi connectivity index (χ0v) is 22.9. The van der Waals surface area contributed by atoms with Crippen LogP contribution in [-0.2, 0) is 30.4 Å². The van der Waals surface area contributed by atoms with Crippen LogP contribution in [0.15, 0.2) is 24.3 Å². The van der Waals surface area contributed by atoms with E-state index in [0.29, 0.717) is 30.7 Å². The van der Waals surface area contributed by atoms with Gasteiger partial charge in [0.2, 0.25) is 23.6 Å². The number of carbonyl (C=O) groups is 5. The summed E-state index contributed by atoms with van der Waals surface area (Å²) in [7, 11) is 0. The van der Waals surface area contributed by atoms with E-state index < -0.39 is 53.8 Å². The van der Waals surface area contributed by atoms with E-state index in [4.69, 9.17) is 17.2 Å². The highest BCUT2D eigenvalue weighted by atomic mass is 32.2. The number of nitrogens with one attached hydrogen (secondary N) is 3. The minimum atomic E-state index is -1.19. The average molecular weight is 569 g/mol. The number of amides is 4. The van der Waals surface area contributed by atoms with Crippen LogP contribution in [0.5, 0.6) is 5.75 Å². The number of hydrogen-bond acceptors (Lipinski definition) is 9. The molecule has 0 saturated heterocycles. The predicted octanol–water partition coefficient (Wildman–Crippen LogP) is -1.05. The van der Waals surface area contributed by atoms with E-state index in [1.54, 1.807) is 12.1 Å². The lowest BCUT2D eigenvalue weighted by Gasteiger charge is -2.25. The summed E-state index contributed by atoms with van der Waals surface area (Å²) >= 11 is 1.44. The van der Waals surface area contributed by atoms with Crippen molar-refractivity contribution in [1.29, 1.82) is 0 Å². The number of carboxylic acids is 1. The molecule has 11 N–H and O–H groups in total. The first-order valence-electron chi connectivity index (χ1n) is 12.6. The maximum Gasteiger partial charge on any atom is 0.326 e. The smallest absolute Gasteiger partial charge is 0.326 e. The van der Waals surface area contributed by atoms with Crippen molar-refractivity contribution in [3.05, 3.63) is 29.8 Å². The minimum absolute atomic E-state index is 0.00298. The number of thioether (sulfide) groups is 1. The Morgan fingerprint density at radius 1 is 0.872 bits per heavy atom. The standard InChI is InChI=1S/C25H40N6O7S/c1-39-13-11-19(25(37)38)30-23(35)18(4-2-3-12-26)29-24(36)20(14-15-5-7-16(32)8-6-15)31-22(34)17(27)9-10-21(28)33/h5-8,17-20,32H,2-4,9-14,26-27H2,1H3,(H2,28,33)(H,29,36)(H,30,35)(H,31,34)(H,37,38). The SMILES string of the molecule is CSCCC(NC(=O)C(CCCCN)NC(=O)C(Cc1ccc(O)cc1)NC(=O)C(N)CCC(N)=O)C(=O)O. The summed E-state index contributed by atoms with van der Waals surface area (Å²) in [6.07, 6.45) is 3.15. The molecule has 0 heterocycles. The molecule has 0 aromatic heterocycles. The van der Waals surface area contributed by atoms with E-state index in [1.807, 2.05) is 6.26 Å². The van der Waals surface area contributed by atoms with Crippen molar-refractivity contribution in [2.24, 2.45) is 17.2 Å². The van der Waals surface area contributed by atoms with Gasteiger partial charge in [0.05, 0.1) is 6.04 Å². The topological polar surface area (TPSA) is 240 Å². The molecule has 0 radical (unpaired) electrons. The van der Waals surface area contributed by atoms with Gasteiger partial charge in [0, 0.05) is 12.8 Å². The third-order valence-electron chi connectivity index (χ3n) is 5.85. The first kappa shape index (κ1) is 33.7. The third-order valence-corrected chi connectivity index (χ3v) is 6.50. The summed E-state index contributed by atoms with van der Waals surface area (Å²) in [5.74, 6) is -3.33. The van der Waals surface area contributed by atoms with Gasteiger partial charge in [-0.2, -0.15) is 11.8 Å². The summed E-state index contributed by atoms with van der Waals surface area (Å²) in [5.41, 5.74) is 17.2. The number of phenolic OH excluding ortho intramolecular Hbond substituents is 1. The van der Waals surface area contributed by atoms with Crippen LogP contribution in [-0.4, -0.2) is 82.5 Å². The Kier molecular flexibility index (Phi) is 15.6. The van der Waals surface area contributed by atoms with Crippen LogP contribution < -0.4 is 33.2 Å². The molecule has 1 aromatic carbocycles. The Labute approximate surface area is 232 Å². The Balaban J connectivity index is 3.11. The van der Waals surface area contributed by atoms with Gasteiger partial charge in [0.15, 0.2) is 0 Å². The molecule has 0 fully saturated rings. The van der Waals surface area contributed by atoms with Gasteiger partial charge >= 0.3 is 5.97 Å². The first-order chi connectivity index (χ1) is 18.5. The molecule has 39 heavy (non-hydrogen) atoms. The molecular formula is C25H40N6O7S. The quantitative estimate of drug-likeness (QED) is 0.0941. The zero-order valence-electron chi connectivity index (χ0n) is 22.1. The molecular weight excluding hydrogens is 528 g/mol. The number of unbranched alkanes of at least 4 members (excludes halogenated alkanes) is 1. The van der Waals surface area contributed by atoms with Crippen molar-refractivity contribution < 1.29 is 34.2 Å². The lowest BCUT2D eigenvalue weighted by molar-refractivity contribution is -0.142. The Morgan fingerprint density at radius 3 is 2.03 bits per heavy atom. The third kappa shape index (κ3) is 13.3. The number of primary amides is 1. The molecule has 13 nitrogen and oxygen atoms in total. The first-order valence-corrected chi connectivity index (χ1v) is 14.0. The van der Waals surface area contributed by atoms with Crippen LogP contribution in [0.25, 0.3) is 0 Å². The van der Waals surface area contributed by atoms with Crippen LogP contribution in [0, 0.1) is 0 Å². The van der Waals surface area contributed by atoms with Gasteiger partial charge in [-0.15, -0.1) is 0 Å². The van der Waals surface area contributed by atoms with Crippen molar-refractivity contribution in [3.8, 4) is 5.75 Å². The van der Waals surface area contributed by atoms with Gasteiger partial charge in [-0.3, -0.25) is 19.2 Å². The van der Waals surface area contributed by atoms with E-state index in [1.165, 1.54) is 23.9 Å². The highest BCUT2D eigenvalue weighted by molar-refractivity contribution is 7.98. The molecule has 4 atom stereocenters. The number of nitrogens with two attached hydrogens (primary N) is 3. The Hall–Kier alpha value is -3.36. The summed E-state index contributed by atoms with van der Waals surface area (Å²) < 4.78 is 0. The molecule has 1 rings (SSSR count). The lowest BCUT2D eigenvalue weighted by Crippen LogP contribution is -2.57. The largest absolute Gasteiger partial charge is 0.508 e. The van der Waals surface area contributed by atoms with E-state index in [2.05, 4.69) is 16.0 Å². The number of benzene rings is 1. The Bertz CT molecular complexity index is 963. The van der Waals surface area contributed by atoms with Crippen LogP contribution >= 0.6 is 11.8 Å². The fraction of sp³-hybridized carbons (Fsp3) is 0.560. The van der Waals surface area contributed by atoms with E-state index >= 15 is 0 Å². The van der Waals surface area contributed by atoms with Crippen molar-refractivity contribution in [2.45, 2.75) is 69.1 Å². The molecule has 14 heteroatoms. The van der Waals surface area contributed by atoms with Gasteiger partial charge in [-0.05, 0) is 68.4 Å². The van der Waals surface area contributed by atoms with Gasteiger partial charge in [-0.25, -0.2) is 4.79 Å². The summed E-state index contributed by atoms with van der Waals surface area (Å²) in [4.78, 5) is 61.8. The fourth-order valence-corrected chi connectivity index (χ4v) is 4.06. The average Bonchev–Trinajstić information content (AvgIpc) is 2.89. The highest BCUT2D eigenvalue weighted by Gasteiger charge is 2.30. The van der Waals surface area contributed by atoms with Gasteiger partial charge < -0.3 is 43.4 Å². The summed E-state index contributed by atoms with van der Waals surface area (Å²) in [6, 6.07) is 1.51. The number of aromatic hydroxyl groups is 1. The van der Waals surface area contributed by atoms with Gasteiger partial charge in [-0.1, -0.05) is 12.1 Å².